The van der Waals surface area contributed by atoms with E-state index < -0.39 is 26.6 Å². The van der Waals surface area contributed by atoms with Crippen LogP contribution in [0.25, 0.3) is 0 Å². The zero-order valence-electron chi connectivity index (χ0n) is 11.7. The number of sulfonamides is 1. The molecule has 0 saturated heterocycles. The van der Waals surface area contributed by atoms with Crippen molar-refractivity contribution in [3.05, 3.63) is 52.6 Å². The van der Waals surface area contributed by atoms with E-state index in [4.69, 9.17) is 16.3 Å². The van der Waals surface area contributed by atoms with Gasteiger partial charge in [-0.15, -0.1) is 0 Å². The average Bonchev–Trinajstić information content (AvgIpc) is 2.44. The van der Waals surface area contributed by atoms with Crippen molar-refractivity contribution in [2.24, 2.45) is 0 Å². The minimum atomic E-state index is -4.32. The van der Waals surface area contributed by atoms with Crippen molar-refractivity contribution in [3.8, 4) is 5.75 Å². The van der Waals surface area contributed by atoms with Crippen LogP contribution >= 0.6 is 11.6 Å². The molecule has 0 radical (unpaired) electrons. The lowest BCUT2D eigenvalue weighted by Crippen LogP contribution is -2.15. The van der Waals surface area contributed by atoms with Gasteiger partial charge in [0.1, 0.15) is 22.3 Å². The monoisotopic (exact) mass is 347 g/mol. The van der Waals surface area contributed by atoms with E-state index in [1.165, 1.54) is 19.2 Å². The number of hydrogen-bond donors (Lipinski definition) is 1. The van der Waals surface area contributed by atoms with Crippen LogP contribution in [0.5, 0.6) is 5.75 Å². The number of anilines is 1. The third kappa shape index (κ3) is 3.31. The van der Waals surface area contributed by atoms with Gasteiger partial charge in [-0.25, -0.2) is 17.2 Å². The molecule has 2 rings (SSSR count). The van der Waals surface area contributed by atoms with Crippen LogP contribution in [0.15, 0.2) is 35.2 Å². The molecule has 0 aromatic heterocycles. The highest BCUT2D eigenvalue weighted by molar-refractivity contribution is 7.92. The van der Waals surface area contributed by atoms with Crippen LogP contribution < -0.4 is 9.46 Å². The Bertz CT molecular complexity index is 825. The molecule has 0 aliphatic heterocycles. The maximum absolute atomic E-state index is 13.7. The molecule has 0 unspecified atom stereocenters. The second-order valence-electron chi connectivity index (χ2n) is 4.48. The van der Waals surface area contributed by atoms with E-state index in [1.54, 1.807) is 6.92 Å². The fourth-order valence-corrected chi connectivity index (χ4v) is 3.10. The van der Waals surface area contributed by atoms with Gasteiger partial charge in [0.15, 0.2) is 0 Å². The van der Waals surface area contributed by atoms with Gasteiger partial charge in [-0.1, -0.05) is 11.6 Å². The molecule has 8 heteroatoms. The van der Waals surface area contributed by atoms with E-state index in [0.717, 1.165) is 12.1 Å². The molecular formula is C14H12ClF2NO3S. The standard InChI is InChI=1S/C14H12ClF2NO3S/c1-8-5-12(13(21-2)7-10(8)15)18-22(19,20)14-6-9(16)3-4-11(14)17/h3-7,18H,1-2H3. The van der Waals surface area contributed by atoms with Gasteiger partial charge in [0.05, 0.1) is 12.8 Å². The molecule has 4 nitrogen and oxygen atoms in total. The number of aryl methyl sites for hydroxylation is 1. The number of hydrogen-bond acceptors (Lipinski definition) is 3. The summed E-state index contributed by atoms with van der Waals surface area (Å²) in [5.74, 6) is -1.75. The quantitative estimate of drug-likeness (QED) is 0.916. The van der Waals surface area contributed by atoms with Gasteiger partial charge < -0.3 is 4.74 Å². The SMILES string of the molecule is COc1cc(Cl)c(C)cc1NS(=O)(=O)c1cc(F)ccc1F. The molecule has 2 aromatic carbocycles. The van der Waals surface area contributed by atoms with E-state index in [9.17, 15) is 17.2 Å². The highest BCUT2D eigenvalue weighted by atomic mass is 35.5. The summed E-state index contributed by atoms with van der Waals surface area (Å²) >= 11 is 5.93. The first-order valence-electron chi connectivity index (χ1n) is 6.06. The second kappa shape index (κ2) is 6.10. The van der Waals surface area contributed by atoms with Crippen LogP contribution in [0.4, 0.5) is 14.5 Å². The molecule has 0 aliphatic rings. The zero-order chi connectivity index (χ0) is 16.5. The van der Waals surface area contributed by atoms with E-state index in [2.05, 4.69) is 4.72 Å². The lowest BCUT2D eigenvalue weighted by Gasteiger charge is -2.14. The topological polar surface area (TPSA) is 55.4 Å². The molecule has 0 amide bonds. The summed E-state index contributed by atoms with van der Waals surface area (Å²) in [7, 11) is -2.98. The van der Waals surface area contributed by atoms with Crippen LogP contribution in [0, 0.1) is 18.6 Å². The first-order valence-corrected chi connectivity index (χ1v) is 7.92. The molecule has 118 valence electrons. The van der Waals surface area contributed by atoms with Gasteiger partial charge in [0.2, 0.25) is 0 Å². The predicted molar refractivity (Wildman–Crippen MR) is 79.9 cm³/mol. The van der Waals surface area contributed by atoms with E-state index in [1.807, 2.05) is 0 Å². The van der Waals surface area contributed by atoms with Crippen molar-refractivity contribution in [3.63, 3.8) is 0 Å². The average molecular weight is 348 g/mol. The fraction of sp³-hybridized carbons (Fsp3) is 0.143. The Morgan fingerprint density at radius 1 is 1.18 bits per heavy atom. The number of nitrogens with one attached hydrogen (secondary N) is 1. The summed E-state index contributed by atoms with van der Waals surface area (Å²) < 4.78 is 58.5. The number of benzene rings is 2. The smallest absolute Gasteiger partial charge is 0.265 e. The zero-order valence-corrected chi connectivity index (χ0v) is 13.2. The van der Waals surface area contributed by atoms with E-state index >= 15 is 0 Å². The van der Waals surface area contributed by atoms with Crippen LogP contribution in [-0.2, 0) is 10.0 Å². The molecule has 0 atom stereocenters. The van der Waals surface area contributed by atoms with Crippen LogP contribution in [0.1, 0.15) is 5.56 Å². The largest absolute Gasteiger partial charge is 0.495 e. The highest BCUT2D eigenvalue weighted by Crippen LogP contribution is 2.32. The van der Waals surface area contributed by atoms with Crippen molar-refractivity contribution in [2.75, 3.05) is 11.8 Å². The van der Waals surface area contributed by atoms with Crippen LogP contribution in [0.3, 0.4) is 0 Å². The molecule has 0 fully saturated rings. The second-order valence-corrected chi connectivity index (χ2v) is 6.54. The molecule has 0 bridgehead atoms. The van der Waals surface area contributed by atoms with Gasteiger partial charge >= 0.3 is 0 Å². The number of methoxy groups -OCH3 is 1. The van der Waals surface area contributed by atoms with Gasteiger partial charge in [-0.2, -0.15) is 0 Å². The van der Waals surface area contributed by atoms with Crippen molar-refractivity contribution >= 4 is 27.3 Å². The lowest BCUT2D eigenvalue weighted by atomic mass is 10.2. The Hall–Kier alpha value is -1.86. The van der Waals surface area contributed by atoms with Crippen LogP contribution in [-0.4, -0.2) is 15.5 Å². The van der Waals surface area contributed by atoms with Crippen molar-refractivity contribution in [1.82, 2.24) is 0 Å². The van der Waals surface area contributed by atoms with Gasteiger partial charge in [0, 0.05) is 11.1 Å². The molecule has 0 spiro atoms. The summed E-state index contributed by atoms with van der Waals surface area (Å²) in [6.45, 7) is 1.67. The first kappa shape index (κ1) is 16.5. The molecule has 2 aromatic rings. The maximum atomic E-state index is 13.7. The Labute approximate surface area is 131 Å². The minimum absolute atomic E-state index is 0.0769. The number of ether oxygens (including phenoxy) is 1. The third-order valence-electron chi connectivity index (χ3n) is 2.91. The molecule has 0 aliphatic carbocycles. The third-order valence-corrected chi connectivity index (χ3v) is 4.70. The summed E-state index contributed by atoms with van der Waals surface area (Å²) in [6, 6.07) is 5.05. The highest BCUT2D eigenvalue weighted by Gasteiger charge is 2.22. The van der Waals surface area contributed by atoms with Crippen molar-refractivity contribution in [2.45, 2.75) is 11.8 Å². The van der Waals surface area contributed by atoms with Gasteiger partial charge in [-0.3, -0.25) is 4.72 Å². The molecule has 22 heavy (non-hydrogen) atoms. The van der Waals surface area contributed by atoms with Crippen molar-refractivity contribution < 1.29 is 21.9 Å². The Kier molecular flexibility index (Phi) is 4.58. The molecular weight excluding hydrogens is 336 g/mol. The van der Waals surface area contributed by atoms with Crippen LogP contribution in [0.2, 0.25) is 5.02 Å². The fourth-order valence-electron chi connectivity index (χ4n) is 1.79. The molecule has 0 saturated carbocycles. The first-order chi connectivity index (χ1) is 10.2. The summed E-state index contributed by atoms with van der Waals surface area (Å²) in [6.07, 6.45) is 0. The van der Waals surface area contributed by atoms with E-state index in [-0.39, 0.29) is 11.4 Å². The summed E-state index contributed by atoms with van der Waals surface area (Å²) in [5, 5.41) is 0.386. The predicted octanol–water partition coefficient (Wildman–Crippen LogP) is 3.74. The Morgan fingerprint density at radius 3 is 2.50 bits per heavy atom. The number of halogens is 3. The number of rotatable bonds is 4. The summed E-state index contributed by atoms with van der Waals surface area (Å²) in [5.41, 5.74) is 0.674. The lowest BCUT2D eigenvalue weighted by molar-refractivity contribution is 0.417. The Balaban J connectivity index is 2.49. The summed E-state index contributed by atoms with van der Waals surface area (Å²) in [4.78, 5) is -0.790. The minimum Gasteiger partial charge on any atom is -0.495 e. The van der Waals surface area contributed by atoms with Gasteiger partial charge in [-0.05, 0) is 36.8 Å². The van der Waals surface area contributed by atoms with Gasteiger partial charge in [0.25, 0.3) is 10.0 Å². The van der Waals surface area contributed by atoms with Crippen molar-refractivity contribution in [1.29, 1.82) is 0 Å². The molecule has 1 N–H and O–H groups in total. The normalized spacial score (nSPS) is 11.3. The Morgan fingerprint density at radius 2 is 1.86 bits per heavy atom. The maximum Gasteiger partial charge on any atom is 0.265 e. The molecule has 0 heterocycles. The van der Waals surface area contributed by atoms with E-state index in [0.29, 0.717) is 16.7 Å².